The lowest BCUT2D eigenvalue weighted by molar-refractivity contribution is -0.384. The molecule has 1 N–H and O–H groups in total. The number of nitrogens with zero attached hydrogens (tertiary/aromatic N) is 2. The first-order valence-electron chi connectivity index (χ1n) is 5.73. The van der Waals surface area contributed by atoms with Crippen molar-refractivity contribution in [2.45, 2.75) is 0 Å². The zero-order valence-corrected chi connectivity index (χ0v) is 10.6. The molecule has 0 aliphatic carbocycles. The molecule has 104 valence electrons. The van der Waals surface area contributed by atoms with E-state index in [0.29, 0.717) is 25.1 Å². The molecular formula is C12H16N2O5. The Morgan fingerprint density at radius 3 is 2.79 bits per heavy atom. The highest BCUT2D eigenvalue weighted by Gasteiger charge is 2.17. The average molecular weight is 268 g/mol. The molecule has 1 aromatic rings. The molecular weight excluding hydrogens is 252 g/mol. The van der Waals surface area contributed by atoms with Crippen LogP contribution in [0.1, 0.15) is 10.4 Å². The number of rotatable bonds is 8. The second-order valence-corrected chi connectivity index (χ2v) is 3.88. The van der Waals surface area contributed by atoms with Crippen LogP contribution in [0.15, 0.2) is 18.2 Å². The van der Waals surface area contributed by atoms with Crippen LogP contribution in [0.5, 0.6) is 0 Å². The Labute approximate surface area is 110 Å². The molecule has 7 heteroatoms. The molecule has 0 spiro atoms. The summed E-state index contributed by atoms with van der Waals surface area (Å²) < 4.78 is 5.10. The molecule has 0 saturated heterocycles. The normalized spacial score (nSPS) is 10.2. The van der Waals surface area contributed by atoms with E-state index in [1.807, 2.05) is 0 Å². The van der Waals surface area contributed by atoms with Gasteiger partial charge in [0, 0.05) is 25.2 Å². The van der Waals surface area contributed by atoms with Crippen LogP contribution in [0.4, 0.5) is 11.4 Å². The first-order valence-corrected chi connectivity index (χ1v) is 5.73. The van der Waals surface area contributed by atoms with Crippen molar-refractivity contribution in [2.75, 3.05) is 38.3 Å². The molecule has 0 bridgehead atoms. The smallest absolute Gasteiger partial charge is 0.293 e. The molecule has 0 fully saturated rings. The maximum atomic E-state index is 11.0. The van der Waals surface area contributed by atoms with E-state index in [0.717, 1.165) is 0 Å². The number of aliphatic hydroxyl groups excluding tert-OH is 1. The summed E-state index contributed by atoms with van der Waals surface area (Å²) in [6, 6.07) is 4.31. The summed E-state index contributed by atoms with van der Waals surface area (Å²) >= 11 is 0. The number of aldehydes is 1. The number of hydrogen-bond donors (Lipinski definition) is 1. The SMILES string of the molecule is CN(CCOCCO)c1ccc(C=O)cc1[N+](=O)[O-]. The van der Waals surface area contributed by atoms with Gasteiger partial charge < -0.3 is 14.7 Å². The number of carbonyl (C=O) groups is 1. The van der Waals surface area contributed by atoms with Gasteiger partial charge in [0.25, 0.3) is 5.69 Å². The number of nitro groups is 1. The fraction of sp³-hybridized carbons (Fsp3) is 0.417. The summed E-state index contributed by atoms with van der Waals surface area (Å²) in [7, 11) is 1.70. The van der Waals surface area contributed by atoms with Gasteiger partial charge >= 0.3 is 0 Å². The molecule has 0 aliphatic heterocycles. The zero-order chi connectivity index (χ0) is 14.3. The minimum atomic E-state index is -0.520. The van der Waals surface area contributed by atoms with Crippen molar-refractivity contribution in [1.29, 1.82) is 0 Å². The van der Waals surface area contributed by atoms with Gasteiger partial charge in [-0.15, -0.1) is 0 Å². The summed E-state index contributed by atoms with van der Waals surface area (Å²) in [5.41, 5.74) is 0.567. The first-order chi connectivity index (χ1) is 9.10. The van der Waals surface area contributed by atoms with E-state index in [1.165, 1.54) is 18.2 Å². The fourth-order valence-corrected chi connectivity index (χ4v) is 1.57. The fourth-order valence-electron chi connectivity index (χ4n) is 1.57. The van der Waals surface area contributed by atoms with Crippen LogP contribution in [-0.4, -0.2) is 49.7 Å². The van der Waals surface area contributed by atoms with Crippen molar-refractivity contribution in [1.82, 2.24) is 0 Å². The number of aliphatic hydroxyl groups is 1. The Hall–Kier alpha value is -1.99. The molecule has 0 saturated carbocycles. The van der Waals surface area contributed by atoms with Crippen LogP contribution in [0.3, 0.4) is 0 Å². The van der Waals surface area contributed by atoms with E-state index in [1.54, 1.807) is 11.9 Å². The summed E-state index contributed by atoms with van der Waals surface area (Å²) in [5, 5.41) is 19.5. The van der Waals surface area contributed by atoms with E-state index in [-0.39, 0.29) is 24.5 Å². The van der Waals surface area contributed by atoms with Crippen LogP contribution in [0.25, 0.3) is 0 Å². The molecule has 1 rings (SSSR count). The zero-order valence-electron chi connectivity index (χ0n) is 10.6. The summed E-state index contributed by atoms with van der Waals surface area (Å²) in [4.78, 5) is 22.7. The van der Waals surface area contributed by atoms with Crippen LogP contribution in [-0.2, 0) is 4.74 Å². The van der Waals surface area contributed by atoms with E-state index < -0.39 is 4.92 Å². The van der Waals surface area contributed by atoms with E-state index in [4.69, 9.17) is 9.84 Å². The van der Waals surface area contributed by atoms with Crippen molar-refractivity contribution in [3.05, 3.63) is 33.9 Å². The van der Waals surface area contributed by atoms with Crippen LogP contribution in [0, 0.1) is 10.1 Å². The van der Waals surface area contributed by atoms with Crippen LogP contribution >= 0.6 is 0 Å². The Balaban J connectivity index is 2.80. The molecule has 0 heterocycles. The lowest BCUT2D eigenvalue weighted by atomic mass is 10.2. The highest BCUT2D eigenvalue weighted by molar-refractivity contribution is 5.79. The third kappa shape index (κ3) is 4.31. The first kappa shape index (κ1) is 15.1. The van der Waals surface area contributed by atoms with Gasteiger partial charge in [0.2, 0.25) is 0 Å². The minimum absolute atomic E-state index is 0.0576. The van der Waals surface area contributed by atoms with Crippen molar-refractivity contribution in [2.24, 2.45) is 0 Å². The maximum Gasteiger partial charge on any atom is 0.293 e. The number of likely N-dealkylation sites (N-methyl/N-ethyl adjacent to an activating group) is 1. The number of anilines is 1. The molecule has 0 aromatic heterocycles. The van der Waals surface area contributed by atoms with Gasteiger partial charge in [0.1, 0.15) is 12.0 Å². The monoisotopic (exact) mass is 268 g/mol. The largest absolute Gasteiger partial charge is 0.394 e. The van der Waals surface area contributed by atoms with E-state index >= 15 is 0 Å². The molecule has 1 aromatic carbocycles. The van der Waals surface area contributed by atoms with Crippen molar-refractivity contribution in [3.8, 4) is 0 Å². The molecule has 7 nitrogen and oxygen atoms in total. The Morgan fingerprint density at radius 2 is 2.21 bits per heavy atom. The number of hydrogen-bond acceptors (Lipinski definition) is 6. The predicted molar refractivity (Wildman–Crippen MR) is 69.7 cm³/mol. The van der Waals surface area contributed by atoms with E-state index in [2.05, 4.69) is 0 Å². The Bertz CT molecular complexity index is 450. The topological polar surface area (TPSA) is 92.9 Å². The lowest BCUT2D eigenvalue weighted by Gasteiger charge is -2.19. The second kappa shape index (κ2) is 7.45. The molecule has 0 radical (unpaired) electrons. The number of ether oxygens (including phenoxy) is 1. The standard InChI is InChI=1S/C12H16N2O5/c1-13(4-6-19-7-5-15)11-3-2-10(9-16)8-12(11)14(17)18/h2-3,8-9,15H,4-7H2,1H3. The minimum Gasteiger partial charge on any atom is -0.394 e. The van der Waals surface area contributed by atoms with Crippen molar-refractivity contribution < 1.29 is 19.6 Å². The van der Waals surface area contributed by atoms with Gasteiger partial charge in [-0.3, -0.25) is 14.9 Å². The van der Waals surface area contributed by atoms with Gasteiger partial charge in [-0.05, 0) is 12.1 Å². The average Bonchev–Trinajstić information content (AvgIpc) is 2.42. The Morgan fingerprint density at radius 1 is 1.47 bits per heavy atom. The summed E-state index contributed by atoms with van der Waals surface area (Å²) in [6.07, 6.45) is 0.571. The summed E-state index contributed by atoms with van der Waals surface area (Å²) in [6.45, 7) is 0.975. The second-order valence-electron chi connectivity index (χ2n) is 3.88. The lowest BCUT2D eigenvalue weighted by Crippen LogP contribution is -2.24. The third-order valence-electron chi connectivity index (χ3n) is 2.55. The maximum absolute atomic E-state index is 11.0. The van der Waals surface area contributed by atoms with Crippen LogP contribution < -0.4 is 4.90 Å². The molecule has 0 amide bonds. The van der Waals surface area contributed by atoms with Gasteiger partial charge in [0.15, 0.2) is 0 Å². The van der Waals surface area contributed by atoms with Crippen LogP contribution in [0.2, 0.25) is 0 Å². The highest BCUT2D eigenvalue weighted by atomic mass is 16.6. The van der Waals surface area contributed by atoms with Gasteiger partial charge in [-0.2, -0.15) is 0 Å². The quantitative estimate of drug-likeness (QED) is 0.325. The Kier molecular flexibility index (Phi) is 5.91. The van der Waals surface area contributed by atoms with E-state index in [9.17, 15) is 14.9 Å². The molecule has 19 heavy (non-hydrogen) atoms. The van der Waals surface area contributed by atoms with Gasteiger partial charge in [-0.25, -0.2) is 0 Å². The van der Waals surface area contributed by atoms with Crippen molar-refractivity contribution >= 4 is 17.7 Å². The van der Waals surface area contributed by atoms with Crippen molar-refractivity contribution in [3.63, 3.8) is 0 Å². The molecule has 0 aliphatic rings. The molecule has 0 unspecified atom stereocenters. The number of carbonyl (C=O) groups excluding carboxylic acids is 1. The highest BCUT2D eigenvalue weighted by Crippen LogP contribution is 2.27. The summed E-state index contributed by atoms with van der Waals surface area (Å²) in [5.74, 6) is 0. The predicted octanol–water partition coefficient (Wildman–Crippen LogP) is 0.852. The number of nitro benzene ring substituents is 1. The third-order valence-corrected chi connectivity index (χ3v) is 2.55. The number of benzene rings is 1. The molecule has 0 atom stereocenters. The van der Waals surface area contributed by atoms with Gasteiger partial charge in [0.05, 0.1) is 24.7 Å². The van der Waals surface area contributed by atoms with Gasteiger partial charge in [-0.1, -0.05) is 0 Å².